The van der Waals surface area contributed by atoms with Crippen molar-refractivity contribution in [2.24, 2.45) is 5.14 Å². The predicted molar refractivity (Wildman–Crippen MR) is 57.5 cm³/mol. The van der Waals surface area contributed by atoms with Crippen LogP contribution in [0.5, 0.6) is 0 Å². The Morgan fingerprint density at radius 3 is 2.40 bits per heavy atom. The molecule has 0 aliphatic heterocycles. The fourth-order valence-electron chi connectivity index (χ4n) is 0.911. The number of carboxylic acids is 1. The number of primary sulfonamides is 1. The van der Waals surface area contributed by atoms with Crippen molar-refractivity contribution in [1.82, 2.24) is 0 Å². The quantitative estimate of drug-likeness (QED) is 0.863. The van der Waals surface area contributed by atoms with Crippen LogP contribution in [0.2, 0.25) is 5.02 Å². The molecule has 0 aliphatic carbocycles. The predicted octanol–water partition coefficient (Wildman–Crippen LogP) is 1.45. The summed E-state index contributed by atoms with van der Waals surface area (Å²) in [6.45, 7) is 0. The molecule has 1 aromatic carbocycles. The van der Waals surface area contributed by atoms with Gasteiger partial charge < -0.3 is 5.11 Å². The average molecular weight is 315 g/mol. The smallest absolute Gasteiger partial charge is 0.337 e. The van der Waals surface area contributed by atoms with Gasteiger partial charge in [-0.05, 0) is 28.1 Å². The Balaban J connectivity index is 3.58. The van der Waals surface area contributed by atoms with Gasteiger partial charge in [0, 0.05) is 4.47 Å². The summed E-state index contributed by atoms with van der Waals surface area (Å²) in [5.74, 6) is -1.32. The summed E-state index contributed by atoms with van der Waals surface area (Å²) < 4.78 is 22.2. The van der Waals surface area contributed by atoms with Gasteiger partial charge in [0.1, 0.15) is 0 Å². The minimum atomic E-state index is -3.98. The Labute approximate surface area is 99.0 Å². The van der Waals surface area contributed by atoms with Gasteiger partial charge in [0.25, 0.3) is 0 Å². The van der Waals surface area contributed by atoms with Crippen LogP contribution in [-0.2, 0) is 10.0 Å². The molecule has 0 fully saturated rings. The summed E-state index contributed by atoms with van der Waals surface area (Å²) in [5, 5.41) is 13.5. The fourth-order valence-corrected chi connectivity index (χ4v) is 2.92. The van der Waals surface area contributed by atoms with Gasteiger partial charge >= 0.3 is 5.97 Å². The highest BCUT2D eigenvalue weighted by Crippen LogP contribution is 2.28. The van der Waals surface area contributed by atoms with Gasteiger partial charge in [0.05, 0.1) is 15.5 Å². The van der Waals surface area contributed by atoms with E-state index < -0.39 is 16.0 Å². The van der Waals surface area contributed by atoms with Crippen LogP contribution in [0.4, 0.5) is 0 Å². The highest BCUT2D eigenvalue weighted by Gasteiger charge is 2.18. The Kier molecular flexibility index (Phi) is 3.39. The standard InChI is InChI=1S/C7H5BrClNO4S/c8-4-2-5(9)3(7(11)12)1-6(4)15(10,13)14/h1-2H,(H,11,12)(H2,10,13,14). The summed E-state index contributed by atoms with van der Waals surface area (Å²) in [4.78, 5) is 10.4. The average Bonchev–Trinajstić information content (AvgIpc) is 2.00. The zero-order valence-corrected chi connectivity index (χ0v) is 10.2. The van der Waals surface area contributed by atoms with Crippen molar-refractivity contribution in [3.63, 3.8) is 0 Å². The number of sulfonamides is 1. The summed E-state index contributed by atoms with van der Waals surface area (Å²) in [6, 6.07) is 2.08. The van der Waals surface area contributed by atoms with E-state index in [0.717, 1.165) is 6.07 Å². The number of nitrogens with two attached hydrogens (primary N) is 1. The van der Waals surface area contributed by atoms with E-state index in [-0.39, 0.29) is 20.0 Å². The van der Waals surface area contributed by atoms with Crippen molar-refractivity contribution in [2.45, 2.75) is 4.90 Å². The molecule has 15 heavy (non-hydrogen) atoms. The van der Waals surface area contributed by atoms with Gasteiger partial charge in [-0.3, -0.25) is 0 Å². The molecule has 8 heteroatoms. The monoisotopic (exact) mass is 313 g/mol. The van der Waals surface area contributed by atoms with Gasteiger partial charge in [-0.15, -0.1) is 0 Å². The second kappa shape index (κ2) is 4.09. The maximum Gasteiger partial charge on any atom is 0.337 e. The lowest BCUT2D eigenvalue weighted by molar-refractivity contribution is 0.0697. The molecule has 0 atom stereocenters. The molecule has 0 radical (unpaired) electrons. The van der Waals surface area contributed by atoms with Crippen LogP contribution in [-0.4, -0.2) is 19.5 Å². The number of carboxylic acid groups (broad SMARTS) is 1. The summed E-state index contributed by atoms with van der Waals surface area (Å²) in [7, 11) is -3.98. The lowest BCUT2D eigenvalue weighted by Gasteiger charge is -2.05. The summed E-state index contributed by atoms with van der Waals surface area (Å²) >= 11 is 8.53. The van der Waals surface area contributed by atoms with Crippen molar-refractivity contribution in [2.75, 3.05) is 0 Å². The Hall–Kier alpha value is -0.630. The molecular formula is C7H5BrClNO4S. The lowest BCUT2D eigenvalue weighted by Crippen LogP contribution is -2.14. The minimum absolute atomic E-state index is 0.0678. The SMILES string of the molecule is NS(=O)(=O)c1cc(C(=O)O)c(Cl)cc1Br. The third-order valence-electron chi connectivity index (χ3n) is 1.56. The number of rotatable bonds is 2. The molecule has 82 valence electrons. The summed E-state index contributed by atoms with van der Waals surface area (Å²) in [6.07, 6.45) is 0. The van der Waals surface area contributed by atoms with E-state index >= 15 is 0 Å². The molecule has 0 saturated carbocycles. The lowest BCUT2D eigenvalue weighted by atomic mass is 10.2. The third kappa shape index (κ3) is 2.69. The fraction of sp³-hybridized carbons (Fsp3) is 0. The first kappa shape index (κ1) is 12.4. The molecule has 0 aromatic heterocycles. The molecule has 0 aliphatic rings. The van der Waals surface area contributed by atoms with E-state index in [1.165, 1.54) is 6.07 Å². The van der Waals surface area contributed by atoms with Crippen molar-refractivity contribution >= 4 is 43.5 Å². The van der Waals surface area contributed by atoms with Gasteiger partial charge in [-0.2, -0.15) is 0 Å². The molecule has 1 rings (SSSR count). The van der Waals surface area contributed by atoms with Crippen molar-refractivity contribution in [3.8, 4) is 0 Å². The van der Waals surface area contributed by atoms with Crippen LogP contribution >= 0.6 is 27.5 Å². The molecule has 0 heterocycles. The van der Waals surface area contributed by atoms with Crippen LogP contribution in [0.3, 0.4) is 0 Å². The maximum atomic E-state index is 11.1. The van der Waals surface area contributed by atoms with Crippen LogP contribution < -0.4 is 5.14 Å². The highest BCUT2D eigenvalue weighted by molar-refractivity contribution is 9.10. The molecule has 0 amide bonds. The highest BCUT2D eigenvalue weighted by atomic mass is 79.9. The van der Waals surface area contributed by atoms with E-state index in [0.29, 0.717) is 0 Å². The zero-order chi connectivity index (χ0) is 11.8. The van der Waals surface area contributed by atoms with Crippen LogP contribution in [0.1, 0.15) is 10.4 Å². The van der Waals surface area contributed by atoms with Crippen LogP contribution in [0.25, 0.3) is 0 Å². The molecule has 1 aromatic rings. The van der Waals surface area contributed by atoms with Crippen LogP contribution in [0.15, 0.2) is 21.5 Å². The molecule has 0 spiro atoms. The topological polar surface area (TPSA) is 97.5 Å². The molecule has 0 unspecified atom stereocenters. The summed E-state index contributed by atoms with van der Waals surface area (Å²) in [5.41, 5.74) is -0.316. The van der Waals surface area contributed by atoms with E-state index in [4.69, 9.17) is 21.8 Å². The van der Waals surface area contributed by atoms with Gasteiger partial charge in [-0.1, -0.05) is 11.6 Å². The second-order valence-corrected chi connectivity index (χ2v) is 5.40. The normalized spacial score (nSPS) is 11.4. The van der Waals surface area contributed by atoms with E-state index in [2.05, 4.69) is 15.9 Å². The molecule has 3 N–H and O–H groups in total. The number of halogens is 2. The molecule has 0 saturated heterocycles. The van der Waals surface area contributed by atoms with Gasteiger partial charge in [0.15, 0.2) is 0 Å². The first-order chi connectivity index (χ1) is 6.73. The first-order valence-corrected chi connectivity index (χ1v) is 6.20. The van der Waals surface area contributed by atoms with E-state index in [1.54, 1.807) is 0 Å². The Morgan fingerprint density at radius 2 is 2.00 bits per heavy atom. The van der Waals surface area contributed by atoms with Gasteiger partial charge in [-0.25, -0.2) is 18.4 Å². The van der Waals surface area contributed by atoms with Crippen LogP contribution in [0, 0.1) is 0 Å². The number of carbonyl (C=O) groups is 1. The van der Waals surface area contributed by atoms with Crippen molar-refractivity contribution in [1.29, 1.82) is 0 Å². The van der Waals surface area contributed by atoms with E-state index in [1.807, 2.05) is 0 Å². The molecule has 0 bridgehead atoms. The largest absolute Gasteiger partial charge is 0.478 e. The van der Waals surface area contributed by atoms with E-state index in [9.17, 15) is 13.2 Å². The second-order valence-electron chi connectivity index (χ2n) is 2.61. The Bertz CT molecular complexity index is 528. The number of hydrogen-bond acceptors (Lipinski definition) is 3. The number of benzene rings is 1. The first-order valence-electron chi connectivity index (χ1n) is 3.48. The number of aromatic carboxylic acids is 1. The molecular weight excluding hydrogens is 310 g/mol. The van der Waals surface area contributed by atoms with Crippen molar-refractivity contribution in [3.05, 3.63) is 27.2 Å². The Morgan fingerprint density at radius 1 is 1.47 bits per heavy atom. The maximum absolute atomic E-state index is 11.1. The van der Waals surface area contributed by atoms with Crippen molar-refractivity contribution < 1.29 is 18.3 Å². The van der Waals surface area contributed by atoms with Gasteiger partial charge in [0.2, 0.25) is 10.0 Å². The minimum Gasteiger partial charge on any atom is -0.478 e. The third-order valence-corrected chi connectivity index (χ3v) is 3.74. The zero-order valence-electron chi connectivity index (χ0n) is 7.07. The molecule has 5 nitrogen and oxygen atoms in total. The number of hydrogen-bond donors (Lipinski definition) is 2.